The second-order valence-corrected chi connectivity index (χ2v) is 4.64. The standard InChI is InChI=1S/C16H14F2N2O3/c1-10(23-14-5-3-2-4-13(14)18)15(21)19-20-16(22)11-6-8-12(17)9-7-11/h2-10H,1H3,(H,19,21)(H,20,22). The summed E-state index contributed by atoms with van der Waals surface area (Å²) in [5.41, 5.74) is 4.50. The van der Waals surface area contributed by atoms with Crippen LogP contribution in [0.15, 0.2) is 48.5 Å². The molecule has 5 nitrogen and oxygen atoms in total. The molecule has 2 amide bonds. The zero-order valence-corrected chi connectivity index (χ0v) is 12.2. The predicted molar refractivity (Wildman–Crippen MR) is 78.5 cm³/mol. The number of rotatable bonds is 4. The largest absolute Gasteiger partial charge is 0.478 e. The second-order valence-electron chi connectivity index (χ2n) is 4.64. The van der Waals surface area contributed by atoms with Gasteiger partial charge >= 0.3 is 0 Å². The van der Waals surface area contributed by atoms with E-state index in [1.165, 1.54) is 37.3 Å². The molecular weight excluding hydrogens is 306 g/mol. The number of carbonyl (C=O) groups is 2. The Kier molecular flexibility index (Phi) is 5.24. The Morgan fingerprint density at radius 3 is 2.30 bits per heavy atom. The SMILES string of the molecule is CC(Oc1ccccc1F)C(=O)NNC(=O)c1ccc(F)cc1. The fraction of sp³-hybridized carbons (Fsp3) is 0.125. The van der Waals surface area contributed by atoms with Crippen molar-refractivity contribution in [3.05, 3.63) is 65.7 Å². The quantitative estimate of drug-likeness (QED) is 0.849. The molecule has 0 saturated heterocycles. The van der Waals surface area contributed by atoms with Gasteiger partial charge in [-0.25, -0.2) is 8.78 Å². The number of carbonyl (C=O) groups excluding carboxylic acids is 2. The highest BCUT2D eigenvalue weighted by molar-refractivity contribution is 5.95. The van der Waals surface area contributed by atoms with Crippen molar-refractivity contribution >= 4 is 11.8 Å². The highest BCUT2D eigenvalue weighted by Crippen LogP contribution is 2.16. The first-order chi connectivity index (χ1) is 11.0. The first-order valence-electron chi connectivity index (χ1n) is 6.74. The highest BCUT2D eigenvalue weighted by atomic mass is 19.1. The van der Waals surface area contributed by atoms with Crippen molar-refractivity contribution in [3.63, 3.8) is 0 Å². The fourth-order valence-corrected chi connectivity index (χ4v) is 1.68. The first kappa shape index (κ1) is 16.4. The average molecular weight is 320 g/mol. The molecule has 7 heteroatoms. The van der Waals surface area contributed by atoms with Crippen LogP contribution >= 0.6 is 0 Å². The van der Waals surface area contributed by atoms with Crippen LogP contribution in [-0.4, -0.2) is 17.9 Å². The van der Waals surface area contributed by atoms with E-state index >= 15 is 0 Å². The zero-order chi connectivity index (χ0) is 16.8. The van der Waals surface area contributed by atoms with Crippen LogP contribution in [0.4, 0.5) is 8.78 Å². The first-order valence-corrected chi connectivity index (χ1v) is 6.74. The van der Waals surface area contributed by atoms with E-state index in [4.69, 9.17) is 4.74 Å². The Morgan fingerprint density at radius 2 is 1.65 bits per heavy atom. The molecule has 0 saturated carbocycles. The van der Waals surface area contributed by atoms with E-state index in [2.05, 4.69) is 10.9 Å². The molecule has 2 aromatic carbocycles. The van der Waals surface area contributed by atoms with Gasteiger partial charge in [0.1, 0.15) is 5.82 Å². The maximum atomic E-state index is 13.4. The Balaban J connectivity index is 1.87. The molecule has 1 atom stereocenters. The molecule has 0 aliphatic heterocycles. The topological polar surface area (TPSA) is 67.4 Å². The van der Waals surface area contributed by atoms with Gasteiger partial charge in [0.2, 0.25) is 0 Å². The molecule has 0 bridgehead atoms. The summed E-state index contributed by atoms with van der Waals surface area (Å²) in [5, 5.41) is 0. The third-order valence-electron chi connectivity index (χ3n) is 2.92. The number of benzene rings is 2. The lowest BCUT2D eigenvalue weighted by atomic mass is 10.2. The van der Waals surface area contributed by atoms with Crippen molar-refractivity contribution in [1.29, 1.82) is 0 Å². The number of hydrogen-bond donors (Lipinski definition) is 2. The van der Waals surface area contributed by atoms with Gasteiger partial charge < -0.3 is 4.74 Å². The lowest BCUT2D eigenvalue weighted by molar-refractivity contribution is -0.128. The maximum absolute atomic E-state index is 13.4. The van der Waals surface area contributed by atoms with E-state index in [1.807, 2.05) is 0 Å². The summed E-state index contributed by atoms with van der Waals surface area (Å²) in [6.45, 7) is 1.41. The number of hydrazine groups is 1. The summed E-state index contributed by atoms with van der Waals surface area (Å²) in [4.78, 5) is 23.6. The van der Waals surface area contributed by atoms with Gasteiger partial charge in [0, 0.05) is 5.56 Å². The van der Waals surface area contributed by atoms with E-state index in [-0.39, 0.29) is 11.3 Å². The minimum atomic E-state index is -1.03. The van der Waals surface area contributed by atoms with E-state index in [1.54, 1.807) is 6.07 Å². The van der Waals surface area contributed by atoms with E-state index in [0.29, 0.717) is 0 Å². The summed E-state index contributed by atoms with van der Waals surface area (Å²) in [6, 6.07) is 10.5. The molecule has 0 heterocycles. The molecule has 23 heavy (non-hydrogen) atoms. The van der Waals surface area contributed by atoms with Crippen molar-refractivity contribution < 1.29 is 23.1 Å². The molecule has 0 aliphatic carbocycles. The zero-order valence-electron chi connectivity index (χ0n) is 12.2. The number of amides is 2. The summed E-state index contributed by atoms with van der Waals surface area (Å²) in [7, 11) is 0. The smallest absolute Gasteiger partial charge is 0.279 e. The average Bonchev–Trinajstić information content (AvgIpc) is 2.55. The highest BCUT2D eigenvalue weighted by Gasteiger charge is 2.17. The van der Waals surface area contributed by atoms with Gasteiger partial charge in [-0.15, -0.1) is 0 Å². The molecule has 2 rings (SSSR count). The molecule has 2 aromatic rings. The summed E-state index contributed by atoms with van der Waals surface area (Å²) in [6.07, 6.45) is -1.03. The molecule has 1 unspecified atom stereocenters. The van der Waals surface area contributed by atoms with Gasteiger partial charge in [-0.3, -0.25) is 20.4 Å². The van der Waals surface area contributed by atoms with E-state index < -0.39 is 29.6 Å². The van der Waals surface area contributed by atoms with Crippen molar-refractivity contribution in [2.75, 3.05) is 0 Å². The van der Waals surface area contributed by atoms with Gasteiger partial charge in [0.05, 0.1) is 0 Å². The van der Waals surface area contributed by atoms with Crippen molar-refractivity contribution in [2.45, 2.75) is 13.0 Å². The van der Waals surface area contributed by atoms with Crippen molar-refractivity contribution in [2.24, 2.45) is 0 Å². The van der Waals surface area contributed by atoms with Gasteiger partial charge in [0.25, 0.3) is 11.8 Å². The molecule has 0 spiro atoms. The van der Waals surface area contributed by atoms with Crippen molar-refractivity contribution in [1.82, 2.24) is 10.9 Å². The van der Waals surface area contributed by atoms with Crippen LogP contribution in [-0.2, 0) is 4.79 Å². The molecule has 0 aliphatic rings. The van der Waals surface area contributed by atoms with Crippen LogP contribution < -0.4 is 15.6 Å². The summed E-state index contributed by atoms with van der Waals surface area (Å²) >= 11 is 0. The third-order valence-corrected chi connectivity index (χ3v) is 2.92. The molecular formula is C16H14F2N2O3. The Hall–Kier alpha value is -2.96. The van der Waals surface area contributed by atoms with Crippen LogP contribution in [0.5, 0.6) is 5.75 Å². The lowest BCUT2D eigenvalue weighted by Crippen LogP contribution is -2.47. The number of nitrogens with one attached hydrogen (secondary N) is 2. The fourth-order valence-electron chi connectivity index (χ4n) is 1.68. The summed E-state index contributed by atoms with van der Waals surface area (Å²) < 4.78 is 31.4. The minimum absolute atomic E-state index is 0.0694. The molecule has 2 N–H and O–H groups in total. The van der Waals surface area contributed by atoms with E-state index in [0.717, 1.165) is 12.1 Å². The Morgan fingerprint density at radius 1 is 1.00 bits per heavy atom. The summed E-state index contributed by atoms with van der Waals surface area (Å²) in [5.74, 6) is -2.42. The van der Waals surface area contributed by atoms with Crippen LogP contribution in [0.25, 0.3) is 0 Å². The number of para-hydroxylation sites is 1. The van der Waals surface area contributed by atoms with Gasteiger partial charge in [-0.1, -0.05) is 12.1 Å². The van der Waals surface area contributed by atoms with Crippen LogP contribution in [0.3, 0.4) is 0 Å². The molecule has 0 fully saturated rings. The normalized spacial score (nSPS) is 11.4. The Labute approximate surface area is 131 Å². The number of hydrogen-bond acceptors (Lipinski definition) is 3. The van der Waals surface area contributed by atoms with Gasteiger partial charge in [-0.05, 0) is 43.3 Å². The van der Waals surface area contributed by atoms with Crippen LogP contribution in [0.1, 0.15) is 17.3 Å². The van der Waals surface area contributed by atoms with Gasteiger partial charge in [0.15, 0.2) is 17.7 Å². The minimum Gasteiger partial charge on any atom is -0.478 e. The predicted octanol–water partition coefficient (Wildman–Crippen LogP) is 2.19. The van der Waals surface area contributed by atoms with E-state index in [9.17, 15) is 18.4 Å². The number of ether oxygens (including phenoxy) is 1. The third kappa shape index (κ3) is 4.50. The van der Waals surface area contributed by atoms with Crippen LogP contribution in [0, 0.1) is 11.6 Å². The Bertz CT molecular complexity index is 705. The molecule has 0 aromatic heterocycles. The maximum Gasteiger partial charge on any atom is 0.279 e. The lowest BCUT2D eigenvalue weighted by Gasteiger charge is -2.15. The monoisotopic (exact) mass is 320 g/mol. The second kappa shape index (κ2) is 7.35. The molecule has 120 valence electrons. The van der Waals surface area contributed by atoms with Gasteiger partial charge in [-0.2, -0.15) is 0 Å². The number of halogens is 2. The van der Waals surface area contributed by atoms with Crippen molar-refractivity contribution in [3.8, 4) is 5.75 Å². The van der Waals surface area contributed by atoms with Crippen LogP contribution in [0.2, 0.25) is 0 Å². The molecule has 0 radical (unpaired) electrons.